The maximum absolute atomic E-state index is 11.1. The molecule has 0 saturated heterocycles. The summed E-state index contributed by atoms with van der Waals surface area (Å²) in [4.78, 5) is 15.6. The summed E-state index contributed by atoms with van der Waals surface area (Å²) in [6.07, 6.45) is 0.933. The third-order valence-corrected chi connectivity index (χ3v) is 3.68. The van der Waals surface area contributed by atoms with Gasteiger partial charge in [0, 0.05) is 0 Å². The number of carboxylic acids is 1. The Balaban J connectivity index is 2.28. The van der Waals surface area contributed by atoms with E-state index in [9.17, 15) is 4.79 Å². The van der Waals surface area contributed by atoms with Crippen LogP contribution >= 0.6 is 0 Å². The van der Waals surface area contributed by atoms with Crippen molar-refractivity contribution in [2.24, 2.45) is 0 Å². The van der Waals surface area contributed by atoms with Gasteiger partial charge in [-0.3, -0.25) is 4.57 Å². The molecule has 0 radical (unpaired) electrons. The number of aromatic carboxylic acids is 1. The van der Waals surface area contributed by atoms with Crippen molar-refractivity contribution in [2.45, 2.75) is 20.3 Å². The first kappa shape index (κ1) is 13.4. The minimum absolute atomic E-state index is 0.260. The first-order valence-electron chi connectivity index (χ1n) is 6.92. The second-order valence-electron chi connectivity index (χ2n) is 4.99. The highest BCUT2D eigenvalue weighted by Gasteiger charge is 2.13. The second-order valence-corrected chi connectivity index (χ2v) is 4.99. The summed E-state index contributed by atoms with van der Waals surface area (Å²) in [6, 6.07) is 13.3. The molecule has 1 heterocycles. The highest BCUT2D eigenvalue weighted by molar-refractivity contribution is 5.92. The Morgan fingerprint density at radius 3 is 2.71 bits per heavy atom. The van der Waals surface area contributed by atoms with Crippen LogP contribution in [-0.4, -0.2) is 20.6 Å². The van der Waals surface area contributed by atoms with Crippen molar-refractivity contribution in [3.8, 4) is 5.69 Å². The summed E-state index contributed by atoms with van der Waals surface area (Å²) in [7, 11) is 0. The standard InChI is InChI=1S/C17H16N2O2/c1-3-12-6-4-5-7-15(12)19-11(2)18-14-10-13(17(20)21)8-9-16(14)19/h4-10H,3H2,1-2H3,(H,20,21). The van der Waals surface area contributed by atoms with Gasteiger partial charge in [0.2, 0.25) is 0 Å². The van der Waals surface area contributed by atoms with Gasteiger partial charge in [-0.05, 0) is 43.2 Å². The van der Waals surface area contributed by atoms with Crippen LogP contribution in [0.25, 0.3) is 16.7 Å². The van der Waals surface area contributed by atoms with Gasteiger partial charge in [-0.15, -0.1) is 0 Å². The Hall–Kier alpha value is -2.62. The topological polar surface area (TPSA) is 55.1 Å². The highest BCUT2D eigenvalue weighted by Crippen LogP contribution is 2.25. The molecule has 2 aromatic carbocycles. The van der Waals surface area contributed by atoms with Crippen molar-refractivity contribution >= 4 is 17.0 Å². The number of carbonyl (C=O) groups is 1. The molecule has 0 aliphatic carbocycles. The molecule has 1 aromatic heterocycles. The lowest BCUT2D eigenvalue weighted by molar-refractivity contribution is 0.0697. The number of aryl methyl sites for hydroxylation is 2. The SMILES string of the molecule is CCc1ccccc1-n1c(C)nc2cc(C(=O)O)ccc21. The number of hydrogen-bond acceptors (Lipinski definition) is 2. The van der Waals surface area contributed by atoms with Crippen LogP contribution in [0.3, 0.4) is 0 Å². The number of benzene rings is 2. The van der Waals surface area contributed by atoms with Gasteiger partial charge in [-0.2, -0.15) is 0 Å². The summed E-state index contributed by atoms with van der Waals surface area (Å²) in [5, 5.41) is 9.09. The number of imidazole rings is 1. The molecule has 0 amide bonds. The molecule has 0 aliphatic rings. The average molecular weight is 280 g/mol. The maximum atomic E-state index is 11.1. The van der Waals surface area contributed by atoms with Crippen molar-refractivity contribution in [3.63, 3.8) is 0 Å². The fraction of sp³-hybridized carbons (Fsp3) is 0.176. The summed E-state index contributed by atoms with van der Waals surface area (Å²) in [6.45, 7) is 4.06. The van der Waals surface area contributed by atoms with Crippen LogP contribution in [0.5, 0.6) is 0 Å². The van der Waals surface area contributed by atoms with Crippen LogP contribution in [0.2, 0.25) is 0 Å². The molecule has 0 aliphatic heterocycles. The molecular formula is C17H16N2O2. The zero-order valence-corrected chi connectivity index (χ0v) is 12.0. The highest BCUT2D eigenvalue weighted by atomic mass is 16.4. The number of aromatic nitrogens is 2. The van der Waals surface area contributed by atoms with Crippen molar-refractivity contribution in [2.75, 3.05) is 0 Å². The van der Waals surface area contributed by atoms with Gasteiger partial charge in [0.25, 0.3) is 0 Å². The quantitative estimate of drug-likeness (QED) is 0.797. The monoisotopic (exact) mass is 280 g/mol. The molecule has 0 atom stereocenters. The number of fused-ring (bicyclic) bond motifs is 1. The molecule has 1 N–H and O–H groups in total. The largest absolute Gasteiger partial charge is 0.478 e. The van der Waals surface area contributed by atoms with Crippen LogP contribution in [0.4, 0.5) is 0 Å². The minimum Gasteiger partial charge on any atom is -0.478 e. The Bertz CT molecular complexity index is 834. The van der Waals surface area contributed by atoms with Crippen LogP contribution in [0.1, 0.15) is 28.7 Å². The number of nitrogens with zero attached hydrogens (tertiary/aromatic N) is 2. The van der Waals surface area contributed by atoms with E-state index in [1.807, 2.05) is 25.1 Å². The summed E-state index contributed by atoms with van der Waals surface area (Å²) in [5.74, 6) is -0.0773. The van der Waals surface area contributed by atoms with Gasteiger partial charge >= 0.3 is 5.97 Å². The van der Waals surface area contributed by atoms with E-state index in [0.29, 0.717) is 5.52 Å². The zero-order chi connectivity index (χ0) is 15.0. The average Bonchev–Trinajstić information content (AvgIpc) is 2.81. The molecule has 0 bridgehead atoms. The first-order valence-corrected chi connectivity index (χ1v) is 6.92. The predicted molar refractivity (Wildman–Crippen MR) is 82.1 cm³/mol. The fourth-order valence-corrected chi connectivity index (χ4v) is 2.67. The van der Waals surface area contributed by atoms with E-state index in [0.717, 1.165) is 23.4 Å². The maximum Gasteiger partial charge on any atom is 0.335 e. The fourth-order valence-electron chi connectivity index (χ4n) is 2.67. The lowest BCUT2D eigenvalue weighted by Crippen LogP contribution is -2.01. The van der Waals surface area contributed by atoms with Gasteiger partial charge in [0.1, 0.15) is 5.82 Å². The number of hydrogen-bond donors (Lipinski definition) is 1. The first-order chi connectivity index (χ1) is 10.1. The predicted octanol–water partition coefficient (Wildman–Crippen LogP) is 3.59. The second kappa shape index (κ2) is 5.05. The van der Waals surface area contributed by atoms with Gasteiger partial charge in [0.05, 0.1) is 22.3 Å². The van der Waals surface area contributed by atoms with Crippen molar-refractivity contribution in [3.05, 3.63) is 59.4 Å². The number of carboxylic acid groups (broad SMARTS) is 1. The minimum atomic E-state index is -0.932. The summed E-state index contributed by atoms with van der Waals surface area (Å²) in [5.41, 5.74) is 4.23. The van der Waals surface area contributed by atoms with Crippen molar-refractivity contribution < 1.29 is 9.90 Å². The van der Waals surface area contributed by atoms with Crippen LogP contribution in [-0.2, 0) is 6.42 Å². The molecule has 21 heavy (non-hydrogen) atoms. The Labute approximate surface area is 122 Å². The van der Waals surface area contributed by atoms with E-state index in [-0.39, 0.29) is 5.56 Å². The third-order valence-electron chi connectivity index (χ3n) is 3.68. The molecule has 3 rings (SSSR count). The van der Waals surface area contributed by atoms with Crippen molar-refractivity contribution in [1.82, 2.24) is 9.55 Å². The molecule has 0 fully saturated rings. The number of rotatable bonds is 3. The zero-order valence-electron chi connectivity index (χ0n) is 12.0. The smallest absolute Gasteiger partial charge is 0.335 e. The summed E-state index contributed by atoms with van der Waals surface area (Å²) < 4.78 is 2.08. The van der Waals surface area contributed by atoms with E-state index >= 15 is 0 Å². The lowest BCUT2D eigenvalue weighted by atomic mass is 10.1. The Morgan fingerprint density at radius 2 is 2.00 bits per heavy atom. The molecule has 0 saturated carbocycles. The van der Waals surface area contributed by atoms with Gasteiger partial charge < -0.3 is 5.11 Å². The molecule has 4 nitrogen and oxygen atoms in total. The molecule has 3 aromatic rings. The van der Waals surface area contributed by atoms with Crippen LogP contribution in [0.15, 0.2) is 42.5 Å². The Kier molecular flexibility index (Phi) is 3.22. The molecule has 0 spiro atoms. The normalized spacial score (nSPS) is 11.0. The molecule has 4 heteroatoms. The summed E-state index contributed by atoms with van der Waals surface area (Å²) >= 11 is 0. The van der Waals surface area contributed by atoms with Crippen LogP contribution < -0.4 is 0 Å². The number of para-hydroxylation sites is 1. The molecular weight excluding hydrogens is 264 g/mol. The van der Waals surface area contributed by atoms with E-state index in [2.05, 4.69) is 28.6 Å². The third kappa shape index (κ3) is 2.18. The van der Waals surface area contributed by atoms with Crippen molar-refractivity contribution in [1.29, 1.82) is 0 Å². The van der Waals surface area contributed by atoms with E-state index in [4.69, 9.17) is 5.11 Å². The van der Waals surface area contributed by atoms with E-state index in [1.54, 1.807) is 12.1 Å². The van der Waals surface area contributed by atoms with Gasteiger partial charge in [0.15, 0.2) is 0 Å². The van der Waals surface area contributed by atoms with Gasteiger partial charge in [-0.1, -0.05) is 25.1 Å². The van der Waals surface area contributed by atoms with Gasteiger partial charge in [-0.25, -0.2) is 9.78 Å². The Morgan fingerprint density at radius 1 is 1.24 bits per heavy atom. The van der Waals surface area contributed by atoms with Crippen LogP contribution in [0, 0.1) is 6.92 Å². The lowest BCUT2D eigenvalue weighted by Gasteiger charge is -2.11. The molecule has 0 unspecified atom stereocenters. The van der Waals surface area contributed by atoms with E-state index < -0.39 is 5.97 Å². The van der Waals surface area contributed by atoms with E-state index in [1.165, 1.54) is 5.56 Å². The molecule has 106 valence electrons.